The quantitative estimate of drug-likeness (QED) is 0.236. The summed E-state index contributed by atoms with van der Waals surface area (Å²) in [5.74, 6) is -0.0264. The van der Waals surface area contributed by atoms with Gasteiger partial charge in [0.25, 0.3) is 0 Å². The number of hydrogen-bond acceptors (Lipinski definition) is 2. The fraction of sp³-hybridized carbons (Fsp3) is 0.950. The van der Waals surface area contributed by atoms with Crippen molar-refractivity contribution in [2.45, 2.75) is 98.8 Å². The van der Waals surface area contributed by atoms with Crippen molar-refractivity contribution in [1.29, 1.82) is 0 Å². The van der Waals surface area contributed by atoms with Crippen molar-refractivity contribution >= 4 is 12.8 Å². The molecular weight excluding hydrogens is 303 g/mol. The Balaban J connectivity index is 5.44. The van der Waals surface area contributed by atoms with Gasteiger partial charge in [0, 0.05) is 0 Å². The van der Waals surface area contributed by atoms with Gasteiger partial charge in [-0.3, -0.25) is 0 Å². The molecule has 0 atom stereocenters. The molecule has 0 saturated carbocycles. The Bertz CT molecular complexity index is 290. The molecule has 0 aliphatic heterocycles. The van der Waals surface area contributed by atoms with E-state index >= 15 is 0 Å². The van der Waals surface area contributed by atoms with E-state index in [0.717, 1.165) is 0 Å². The molecule has 0 bridgehead atoms. The number of rotatable bonds is 15. The summed E-state index contributed by atoms with van der Waals surface area (Å²) in [6.45, 7) is 8.31. The van der Waals surface area contributed by atoms with E-state index in [1.165, 1.54) is 88.9 Å². The van der Waals surface area contributed by atoms with Crippen LogP contribution in [0, 0.1) is 0 Å². The van der Waals surface area contributed by atoms with Crippen LogP contribution in [-0.4, -0.2) is 30.6 Å². The maximum absolute atomic E-state index is 12.1. The van der Waals surface area contributed by atoms with E-state index in [9.17, 15) is 4.79 Å². The predicted molar refractivity (Wildman–Crippen MR) is 107 cm³/mol. The average Bonchev–Trinajstić information content (AvgIpc) is 2.53. The predicted octanol–water partition coefficient (Wildman–Crippen LogP) is 7.00. The standard InChI is InChI=1S/C20H43O2P/c1-6-10-14-15-19-23(16-11-7-2,17-12-8-3,18-13-9-4)22-20(5)21/h6-19H2,1-5H3. The van der Waals surface area contributed by atoms with Crippen LogP contribution in [0.5, 0.6) is 0 Å². The molecule has 3 heteroatoms. The number of hydrogen-bond donors (Lipinski definition) is 0. The summed E-state index contributed by atoms with van der Waals surface area (Å²) in [6, 6.07) is 0. The molecule has 0 heterocycles. The summed E-state index contributed by atoms with van der Waals surface area (Å²) in [5, 5.41) is 0. The van der Waals surface area contributed by atoms with Gasteiger partial charge in [-0.1, -0.05) is 0 Å². The summed E-state index contributed by atoms with van der Waals surface area (Å²) >= 11 is 0. The zero-order valence-corrected chi connectivity index (χ0v) is 17.6. The first kappa shape index (κ1) is 22.9. The van der Waals surface area contributed by atoms with Crippen LogP contribution in [0.2, 0.25) is 0 Å². The Labute approximate surface area is 146 Å². The molecule has 0 aromatic heterocycles. The molecule has 0 aliphatic carbocycles. The van der Waals surface area contributed by atoms with Crippen LogP contribution in [0.25, 0.3) is 0 Å². The van der Waals surface area contributed by atoms with E-state index < -0.39 is 6.83 Å². The molecule has 0 N–H and O–H groups in total. The van der Waals surface area contributed by atoms with E-state index in [4.69, 9.17) is 4.52 Å². The zero-order chi connectivity index (χ0) is 17.6. The molecule has 2 nitrogen and oxygen atoms in total. The molecule has 0 unspecified atom stereocenters. The molecular formula is C20H43O2P. The average molecular weight is 347 g/mol. The zero-order valence-electron chi connectivity index (χ0n) is 16.7. The van der Waals surface area contributed by atoms with Gasteiger partial charge in [-0.25, -0.2) is 0 Å². The van der Waals surface area contributed by atoms with Gasteiger partial charge in [0.1, 0.15) is 0 Å². The van der Waals surface area contributed by atoms with E-state index in [-0.39, 0.29) is 5.97 Å². The molecule has 0 saturated heterocycles. The number of carbonyl (C=O) groups is 1. The third-order valence-electron chi connectivity index (χ3n) is 5.20. The Kier molecular flexibility index (Phi) is 12.2. The molecule has 0 radical (unpaired) electrons. The number of carbonyl (C=O) groups excluding carboxylic acids is 1. The molecule has 0 aromatic rings. The number of unbranched alkanes of at least 4 members (excludes halogenated alkanes) is 6. The van der Waals surface area contributed by atoms with E-state index in [1.54, 1.807) is 6.92 Å². The van der Waals surface area contributed by atoms with Crippen molar-refractivity contribution in [3.8, 4) is 0 Å². The topological polar surface area (TPSA) is 26.3 Å². The van der Waals surface area contributed by atoms with Crippen molar-refractivity contribution in [1.82, 2.24) is 0 Å². The van der Waals surface area contributed by atoms with Crippen LogP contribution in [-0.2, 0) is 9.32 Å². The SMILES string of the molecule is CCCCCCP(CCCC)(CCCC)(CCCC)OC(C)=O. The van der Waals surface area contributed by atoms with Crippen molar-refractivity contribution in [2.24, 2.45) is 0 Å². The van der Waals surface area contributed by atoms with Crippen LogP contribution < -0.4 is 0 Å². The second kappa shape index (κ2) is 12.3. The molecule has 0 aliphatic rings. The molecule has 23 heavy (non-hydrogen) atoms. The van der Waals surface area contributed by atoms with Crippen LogP contribution in [0.4, 0.5) is 0 Å². The summed E-state index contributed by atoms with van der Waals surface area (Å²) < 4.78 is 6.40. The molecule has 0 rings (SSSR count). The molecule has 0 spiro atoms. The third-order valence-corrected chi connectivity index (χ3v) is 11.8. The van der Waals surface area contributed by atoms with Gasteiger partial charge in [-0.2, -0.15) is 0 Å². The molecule has 0 fully saturated rings. The Morgan fingerprint density at radius 3 is 1.39 bits per heavy atom. The summed E-state index contributed by atoms with van der Waals surface area (Å²) in [6.07, 6.45) is 17.1. The summed E-state index contributed by atoms with van der Waals surface area (Å²) in [4.78, 5) is 12.1. The fourth-order valence-corrected chi connectivity index (χ4v) is 10.6. The van der Waals surface area contributed by atoms with E-state index in [1.807, 2.05) is 0 Å². The molecule has 140 valence electrons. The summed E-state index contributed by atoms with van der Waals surface area (Å²) in [7, 11) is 0. The minimum absolute atomic E-state index is 0.0264. The molecule has 0 amide bonds. The van der Waals surface area contributed by atoms with Crippen LogP contribution in [0.15, 0.2) is 0 Å². The first-order valence-corrected chi connectivity index (χ1v) is 13.1. The maximum atomic E-state index is 12.1. The van der Waals surface area contributed by atoms with Gasteiger partial charge in [0.2, 0.25) is 0 Å². The van der Waals surface area contributed by atoms with Crippen molar-refractivity contribution in [3.05, 3.63) is 0 Å². The normalized spacial score (nSPS) is 13.5. The van der Waals surface area contributed by atoms with E-state index in [2.05, 4.69) is 27.7 Å². The Hall–Kier alpha value is -0.100. The van der Waals surface area contributed by atoms with Gasteiger partial charge in [-0.05, 0) is 0 Å². The van der Waals surface area contributed by atoms with Crippen LogP contribution in [0.3, 0.4) is 0 Å². The Morgan fingerprint density at radius 2 is 1.04 bits per heavy atom. The van der Waals surface area contributed by atoms with Crippen LogP contribution in [0.1, 0.15) is 98.8 Å². The fourth-order valence-electron chi connectivity index (χ4n) is 3.83. The van der Waals surface area contributed by atoms with Crippen LogP contribution >= 0.6 is 6.83 Å². The van der Waals surface area contributed by atoms with Crippen molar-refractivity contribution in [2.75, 3.05) is 24.6 Å². The van der Waals surface area contributed by atoms with Gasteiger partial charge >= 0.3 is 146 Å². The van der Waals surface area contributed by atoms with Crippen molar-refractivity contribution in [3.63, 3.8) is 0 Å². The van der Waals surface area contributed by atoms with Gasteiger partial charge in [0.15, 0.2) is 0 Å². The van der Waals surface area contributed by atoms with Gasteiger partial charge in [0.05, 0.1) is 0 Å². The second-order valence-corrected chi connectivity index (χ2v) is 13.1. The third kappa shape index (κ3) is 8.52. The minimum atomic E-state index is -2.36. The van der Waals surface area contributed by atoms with Crippen molar-refractivity contribution < 1.29 is 9.32 Å². The molecule has 0 aromatic carbocycles. The summed E-state index contributed by atoms with van der Waals surface area (Å²) in [5.41, 5.74) is 0. The first-order chi connectivity index (χ1) is 11.0. The Morgan fingerprint density at radius 1 is 0.652 bits per heavy atom. The monoisotopic (exact) mass is 346 g/mol. The van der Waals surface area contributed by atoms with E-state index in [0.29, 0.717) is 0 Å². The second-order valence-electron chi connectivity index (χ2n) is 7.46. The first-order valence-electron chi connectivity index (χ1n) is 10.2. The van der Waals surface area contributed by atoms with Gasteiger partial charge < -0.3 is 0 Å². The van der Waals surface area contributed by atoms with Gasteiger partial charge in [-0.15, -0.1) is 0 Å².